The lowest BCUT2D eigenvalue weighted by molar-refractivity contribution is 0.0724. The van der Waals surface area contributed by atoms with Gasteiger partial charge in [0.15, 0.2) is 0 Å². The molecule has 152 valence electrons. The summed E-state index contributed by atoms with van der Waals surface area (Å²) < 4.78 is 2.44. The molecule has 1 saturated carbocycles. The maximum Gasteiger partial charge on any atom is 0.253 e. The molecule has 1 saturated heterocycles. The lowest BCUT2D eigenvalue weighted by atomic mass is 9.88. The van der Waals surface area contributed by atoms with Crippen LogP contribution in [0.4, 0.5) is 0 Å². The van der Waals surface area contributed by atoms with Crippen molar-refractivity contribution in [3.8, 4) is 0 Å². The fraction of sp³-hybridized carbons (Fsp3) is 0.667. The summed E-state index contributed by atoms with van der Waals surface area (Å²) in [6.45, 7) is 9.56. The predicted molar refractivity (Wildman–Crippen MR) is 115 cm³/mol. The molecule has 4 nitrogen and oxygen atoms in total. The summed E-state index contributed by atoms with van der Waals surface area (Å²) in [5.41, 5.74) is 2.94. The van der Waals surface area contributed by atoms with E-state index >= 15 is 0 Å². The van der Waals surface area contributed by atoms with Gasteiger partial charge in [-0.2, -0.15) is 0 Å². The Balaban J connectivity index is 1.68. The Labute approximate surface area is 169 Å². The first-order chi connectivity index (χ1) is 13.4. The largest absolute Gasteiger partial charge is 0.339 e. The number of hydrogen-bond acceptors (Lipinski definition) is 2. The van der Waals surface area contributed by atoms with Gasteiger partial charge in [-0.05, 0) is 56.2 Å². The van der Waals surface area contributed by atoms with Gasteiger partial charge in [0, 0.05) is 30.6 Å². The van der Waals surface area contributed by atoms with Crippen LogP contribution in [0, 0.1) is 5.92 Å². The van der Waals surface area contributed by atoms with Crippen molar-refractivity contribution in [2.45, 2.75) is 84.1 Å². The Morgan fingerprint density at radius 2 is 1.71 bits per heavy atom. The van der Waals surface area contributed by atoms with E-state index in [0.717, 1.165) is 55.3 Å². The third-order valence-corrected chi connectivity index (χ3v) is 6.47. The van der Waals surface area contributed by atoms with Crippen molar-refractivity contribution in [3.05, 3.63) is 29.6 Å². The van der Waals surface area contributed by atoms with Crippen LogP contribution in [0.15, 0.2) is 18.2 Å². The second-order valence-electron chi connectivity index (χ2n) is 9.86. The van der Waals surface area contributed by atoms with Gasteiger partial charge in [-0.1, -0.05) is 40.0 Å². The summed E-state index contributed by atoms with van der Waals surface area (Å²) in [4.78, 5) is 20.0. The summed E-state index contributed by atoms with van der Waals surface area (Å²) in [5, 5.41) is 0. The fourth-order valence-corrected chi connectivity index (χ4v) is 4.93. The zero-order chi connectivity index (χ0) is 19.7. The van der Waals surface area contributed by atoms with Crippen LogP contribution in [-0.2, 0) is 12.0 Å². The number of rotatable bonds is 3. The molecule has 0 spiro atoms. The lowest BCUT2D eigenvalue weighted by Gasteiger charge is -2.27. The van der Waals surface area contributed by atoms with E-state index in [1.807, 2.05) is 17.0 Å². The van der Waals surface area contributed by atoms with Crippen molar-refractivity contribution in [1.82, 2.24) is 14.5 Å². The molecule has 4 rings (SSSR count). The van der Waals surface area contributed by atoms with E-state index in [1.165, 1.54) is 44.0 Å². The van der Waals surface area contributed by atoms with Gasteiger partial charge in [0.2, 0.25) is 0 Å². The zero-order valence-corrected chi connectivity index (χ0v) is 17.8. The second-order valence-corrected chi connectivity index (χ2v) is 9.86. The highest BCUT2D eigenvalue weighted by Crippen LogP contribution is 2.31. The molecule has 1 amide bonds. The summed E-state index contributed by atoms with van der Waals surface area (Å²) in [6.07, 6.45) is 10.2. The maximum atomic E-state index is 12.9. The zero-order valence-electron chi connectivity index (χ0n) is 17.8. The van der Waals surface area contributed by atoms with Crippen molar-refractivity contribution in [3.63, 3.8) is 0 Å². The van der Waals surface area contributed by atoms with Gasteiger partial charge in [0.05, 0.1) is 11.0 Å². The molecule has 0 radical (unpaired) electrons. The van der Waals surface area contributed by atoms with E-state index in [-0.39, 0.29) is 11.3 Å². The number of nitrogens with zero attached hydrogens (tertiary/aromatic N) is 3. The van der Waals surface area contributed by atoms with Crippen LogP contribution in [-0.4, -0.2) is 33.4 Å². The number of benzene rings is 1. The highest BCUT2D eigenvalue weighted by Gasteiger charge is 2.26. The average molecular weight is 382 g/mol. The number of aromatic nitrogens is 2. The lowest BCUT2D eigenvalue weighted by Crippen LogP contribution is -2.35. The van der Waals surface area contributed by atoms with E-state index in [9.17, 15) is 4.79 Å². The third kappa shape index (κ3) is 3.97. The molecule has 28 heavy (non-hydrogen) atoms. The summed E-state index contributed by atoms with van der Waals surface area (Å²) in [6, 6.07) is 6.18. The van der Waals surface area contributed by atoms with Crippen molar-refractivity contribution < 1.29 is 4.79 Å². The van der Waals surface area contributed by atoms with E-state index in [0.29, 0.717) is 0 Å². The predicted octanol–water partition coefficient (Wildman–Crippen LogP) is 5.54. The third-order valence-electron chi connectivity index (χ3n) is 6.47. The molecule has 2 fully saturated rings. The Morgan fingerprint density at radius 1 is 1.04 bits per heavy atom. The Kier molecular flexibility index (Phi) is 5.48. The van der Waals surface area contributed by atoms with E-state index in [1.54, 1.807) is 0 Å². The molecule has 0 atom stereocenters. The average Bonchev–Trinajstić information content (AvgIpc) is 3.07. The molecule has 2 heterocycles. The van der Waals surface area contributed by atoms with Crippen LogP contribution in [0.25, 0.3) is 11.0 Å². The fourth-order valence-electron chi connectivity index (χ4n) is 4.93. The van der Waals surface area contributed by atoms with Crippen molar-refractivity contribution in [2.24, 2.45) is 5.92 Å². The van der Waals surface area contributed by atoms with Crippen LogP contribution in [0.1, 0.15) is 88.3 Å². The van der Waals surface area contributed by atoms with Gasteiger partial charge in [-0.15, -0.1) is 0 Å². The maximum absolute atomic E-state index is 12.9. The SMILES string of the molecule is CC(C)(C)c1nc2cc(C(=O)N3CCCCC3)ccc2n1CC1CCCCC1. The number of imidazole rings is 1. The van der Waals surface area contributed by atoms with Crippen LogP contribution in [0.5, 0.6) is 0 Å². The van der Waals surface area contributed by atoms with Crippen LogP contribution in [0.3, 0.4) is 0 Å². The first kappa shape index (κ1) is 19.5. The monoisotopic (exact) mass is 381 g/mol. The normalized spacial score (nSPS) is 19.3. The summed E-state index contributed by atoms with van der Waals surface area (Å²) >= 11 is 0. The van der Waals surface area contributed by atoms with E-state index < -0.39 is 0 Å². The molecule has 1 aromatic heterocycles. The second kappa shape index (κ2) is 7.88. The number of hydrogen-bond donors (Lipinski definition) is 0. The Bertz CT molecular complexity index is 833. The topological polar surface area (TPSA) is 38.1 Å². The quantitative estimate of drug-likeness (QED) is 0.700. The first-order valence-electron chi connectivity index (χ1n) is 11.2. The minimum atomic E-state index is -0.00920. The van der Waals surface area contributed by atoms with E-state index in [2.05, 4.69) is 31.4 Å². The molecule has 1 aliphatic carbocycles. The molecule has 1 aliphatic heterocycles. The minimum Gasteiger partial charge on any atom is -0.339 e. The molecule has 4 heteroatoms. The van der Waals surface area contributed by atoms with Gasteiger partial charge in [0.1, 0.15) is 5.82 Å². The summed E-state index contributed by atoms with van der Waals surface area (Å²) in [7, 11) is 0. The van der Waals surface area contributed by atoms with Crippen LogP contribution < -0.4 is 0 Å². The highest BCUT2D eigenvalue weighted by atomic mass is 16.2. The van der Waals surface area contributed by atoms with Crippen LogP contribution >= 0.6 is 0 Å². The van der Waals surface area contributed by atoms with Gasteiger partial charge < -0.3 is 9.47 Å². The smallest absolute Gasteiger partial charge is 0.253 e. The number of piperidine rings is 1. The first-order valence-corrected chi connectivity index (χ1v) is 11.2. The molecule has 0 bridgehead atoms. The highest BCUT2D eigenvalue weighted by molar-refractivity contribution is 5.97. The van der Waals surface area contributed by atoms with E-state index in [4.69, 9.17) is 4.98 Å². The number of carbonyl (C=O) groups is 1. The van der Waals surface area contributed by atoms with Gasteiger partial charge in [0.25, 0.3) is 5.91 Å². The molecule has 2 aromatic rings. The minimum absolute atomic E-state index is 0.00920. The molecule has 0 N–H and O–H groups in total. The Morgan fingerprint density at radius 3 is 2.39 bits per heavy atom. The van der Waals surface area contributed by atoms with Gasteiger partial charge in [-0.3, -0.25) is 4.79 Å². The number of amides is 1. The number of carbonyl (C=O) groups excluding carboxylic acids is 1. The van der Waals surface area contributed by atoms with Gasteiger partial charge in [-0.25, -0.2) is 4.98 Å². The van der Waals surface area contributed by atoms with Crippen molar-refractivity contribution in [2.75, 3.05) is 13.1 Å². The van der Waals surface area contributed by atoms with Crippen LogP contribution in [0.2, 0.25) is 0 Å². The summed E-state index contributed by atoms with van der Waals surface area (Å²) in [5.74, 6) is 2.07. The number of fused-ring (bicyclic) bond motifs is 1. The molecular formula is C24H35N3O. The van der Waals surface area contributed by atoms with Crippen molar-refractivity contribution >= 4 is 16.9 Å². The van der Waals surface area contributed by atoms with Gasteiger partial charge >= 0.3 is 0 Å². The molecule has 1 aromatic carbocycles. The molecule has 2 aliphatic rings. The molecule has 0 unspecified atom stereocenters. The standard InChI is InChI=1S/C24H35N3O/c1-24(2,3)23-25-20-16-19(22(28)26-14-8-5-9-15-26)12-13-21(20)27(23)17-18-10-6-4-7-11-18/h12-13,16,18H,4-11,14-15,17H2,1-3H3. The van der Waals surface area contributed by atoms with Crippen molar-refractivity contribution in [1.29, 1.82) is 0 Å². The number of likely N-dealkylation sites (tertiary alicyclic amines) is 1. The molecular weight excluding hydrogens is 346 g/mol. The Hall–Kier alpha value is -1.84.